The van der Waals surface area contributed by atoms with Gasteiger partial charge in [0.1, 0.15) is 0 Å². The lowest BCUT2D eigenvalue weighted by Gasteiger charge is -2.22. The number of rotatable bonds is 6. The second kappa shape index (κ2) is 7.43. The van der Waals surface area contributed by atoms with Crippen LogP contribution in [0, 0.1) is 0 Å². The molecule has 0 aromatic heterocycles. The van der Waals surface area contributed by atoms with E-state index in [2.05, 4.69) is 74.5 Å². The maximum atomic E-state index is 6.60. The summed E-state index contributed by atoms with van der Waals surface area (Å²) in [6.07, 6.45) is 0. The van der Waals surface area contributed by atoms with E-state index in [4.69, 9.17) is 4.12 Å². The van der Waals surface area contributed by atoms with Gasteiger partial charge >= 0.3 is 0 Å². The Labute approximate surface area is 119 Å². The Morgan fingerprint density at radius 2 is 1.05 bits per heavy atom. The van der Waals surface area contributed by atoms with Gasteiger partial charge in [-0.15, -0.1) is 0 Å². The van der Waals surface area contributed by atoms with Gasteiger partial charge in [-0.1, -0.05) is 74.5 Å². The van der Waals surface area contributed by atoms with Gasteiger partial charge in [-0.25, -0.2) is 0 Å². The minimum Gasteiger partial charge on any atom is -0.453 e. The van der Waals surface area contributed by atoms with Gasteiger partial charge in [-0.3, -0.25) is 0 Å². The summed E-state index contributed by atoms with van der Waals surface area (Å²) in [6, 6.07) is 23.9. The van der Waals surface area contributed by atoms with E-state index in [9.17, 15) is 0 Å². The van der Waals surface area contributed by atoms with Crippen molar-refractivity contribution in [1.29, 1.82) is 0 Å². The van der Waals surface area contributed by atoms with E-state index in [1.54, 1.807) is 0 Å². The maximum Gasteiger partial charge on any atom is 0.195 e. The van der Waals surface area contributed by atoms with Gasteiger partial charge in [0.25, 0.3) is 0 Å². The quantitative estimate of drug-likeness (QED) is 0.741. The molecule has 0 heterocycles. The molecule has 0 amide bonds. The molecule has 1 nitrogen and oxygen atoms in total. The van der Waals surface area contributed by atoms with Crippen molar-refractivity contribution in [3.05, 3.63) is 60.7 Å². The highest BCUT2D eigenvalue weighted by atomic mass is 28.4. The normalized spacial score (nSPS) is 14.0. The molecule has 2 aromatic rings. The second-order valence-electron chi connectivity index (χ2n) is 4.75. The minimum absolute atomic E-state index is 1.17. The van der Waals surface area contributed by atoms with Crippen LogP contribution in [0.1, 0.15) is 13.8 Å². The molecular formula is C16H22OSi2. The van der Waals surface area contributed by atoms with E-state index in [0.29, 0.717) is 0 Å². The van der Waals surface area contributed by atoms with Crippen LogP contribution in [0.25, 0.3) is 0 Å². The molecule has 2 unspecified atom stereocenters. The predicted molar refractivity (Wildman–Crippen MR) is 88.5 cm³/mol. The predicted octanol–water partition coefficient (Wildman–Crippen LogP) is 2.30. The van der Waals surface area contributed by atoms with Gasteiger partial charge < -0.3 is 4.12 Å². The third-order valence-electron chi connectivity index (χ3n) is 3.41. The smallest absolute Gasteiger partial charge is 0.195 e. The van der Waals surface area contributed by atoms with E-state index in [1.165, 1.54) is 22.5 Å². The summed E-state index contributed by atoms with van der Waals surface area (Å²) in [4.78, 5) is 0. The van der Waals surface area contributed by atoms with Crippen molar-refractivity contribution in [2.45, 2.75) is 25.9 Å². The number of hydrogen-bond donors (Lipinski definition) is 0. The lowest BCUT2D eigenvalue weighted by atomic mass is 10.4. The molecule has 100 valence electrons. The summed E-state index contributed by atoms with van der Waals surface area (Å²) in [6.45, 7) is 4.52. The minimum atomic E-state index is -1.25. The van der Waals surface area contributed by atoms with Crippen LogP contribution in [-0.2, 0) is 4.12 Å². The van der Waals surface area contributed by atoms with Crippen molar-refractivity contribution >= 4 is 28.5 Å². The molecule has 0 aliphatic rings. The van der Waals surface area contributed by atoms with Crippen molar-refractivity contribution in [2.75, 3.05) is 0 Å². The van der Waals surface area contributed by atoms with Crippen molar-refractivity contribution in [2.24, 2.45) is 0 Å². The zero-order chi connectivity index (χ0) is 13.5. The topological polar surface area (TPSA) is 9.23 Å². The summed E-state index contributed by atoms with van der Waals surface area (Å²) in [5.74, 6) is 0. The molecule has 0 N–H and O–H groups in total. The second-order valence-corrected chi connectivity index (χ2v) is 10.8. The van der Waals surface area contributed by atoms with Crippen molar-refractivity contribution in [3.63, 3.8) is 0 Å². The summed E-state index contributed by atoms with van der Waals surface area (Å²) in [5, 5.41) is 2.87. The van der Waals surface area contributed by atoms with Crippen LogP contribution in [0.5, 0.6) is 0 Å². The van der Waals surface area contributed by atoms with Gasteiger partial charge in [0, 0.05) is 0 Å². The molecule has 2 rings (SSSR count). The SMILES string of the molecule is CC[SiH](O[SiH](CC)c1ccccc1)c1ccccc1. The fourth-order valence-electron chi connectivity index (χ4n) is 2.35. The van der Waals surface area contributed by atoms with Crippen molar-refractivity contribution < 1.29 is 4.12 Å². The fourth-order valence-corrected chi connectivity index (χ4v) is 8.98. The van der Waals surface area contributed by atoms with Gasteiger partial charge in [-0.05, 0) is 22.5 Å². The van der Waals surface area contributed by atoms with E-state index in [-0.39, 0.29) is 0 Å². The average Bonchev–Trinajstić information content (AvgIpc) is 2.50. The zero-order valence-electron chi connectivity index (χ0n) is 11.8. The lowest BCUT2D eigenvalue weighted by molar-refractivity contribution is 0.605. The van der Waals surface area contributed by atoms with Crippen LogP contribution in [0.3, 0.4) is 0 Å². The summed E-state index contributed by atoms with van der Waals surface area (Å²) in [5.41, 5.74) is 0. The molecule has 0 saturated heterocycles. The standard InChI is InChI=1S/C16H22OSi2/c1-3-18(15-11-7-5-8-12-15)17-19(4-2)16-13-9-6-10-14-16/h5-14,18-19H,3-4H2,1-2H3. The third-order valence-corrected chi connectivity index (χ3v) is 9.78. The van der Waals surface area contributed by atoms with Crippen molar-refractivity contribution in [1.82, 2.24) is 0 Å². The Bertz CT molecular complexity index is 427. The molecule has 0 bridgehead atoms. The van der Waals surface area contributed by atoms with Gasteiger partial charge in [-0.2, -0.15) is 0 Å². The van der Waals surface area contributed by atoms with Gasteiger partial charge in [0.05, 0.1) is 0 Å². The molecule has 19 heavy (non-hydrogen) atoms. The van der Waals surface area contributed by atoms with Crippen LogP contribution >= 0.6 is 0 Å². The first-order valence-corrected chi connectivity index (χ1v) is 10.8. The summed E-state index contributed by atoms with van der Waals surface area (Å²) < 4.78 is 6.60. The van der Waals surface area contributed by atoms with E-state index < -0.39 is 18.1 Å². The monoisotopic (exact) mass is 286 g/mol. The first-order chi connectivity index (χ1) is 9.35. The largest absolute Gasteiger partial charge is 0.453 e. The summed E-state index contributed by atoms with van der Waals surface area (Å²) >= 11 is 0. The Balaban J connectivity index is 2.13. The van der Waals surface area contributed by atoms with E-state index >= 15 is 0 Å². The van der Waals surface area contributed by atoms with Gasteiger partial charge in [0.15, 0.2) is 18.1 Å². The van der Waals surface area contributed by atoms with Crippen LogP contribution < -0.4 is 10.4 Å². The third kappa shape index (κ3) is 3.90. The van der Waals surface area contributed by atoms with E-state index in [1.807, 2.05) is 0 Å². The molecule has 0 fully saturated rings. The zero-order valence-corrected chi connectivity index (χ0v) is 14.1. The highest BCUT2D eigenvalue weighted by Gasteiger charge is 2.19. The highest BCUT2D eigenvalue weighted by Crippen LogP contribution is 2.03. The molecule has 0 radical (unpaired) electrons. The first-order valence-electron chi connectivity index (χ1n) is 7.10. The fraction of sp³-hybridized carbons (Fsp3) is 0.250. The lowest BCUT2D eigenvalue weighted by Crippen LogP contribution is -2.43. The molecule has 0 spiro atoms. The van der Waals surface area contributed by atoms with Crippen LogP contribution in [0.4, 0.5) is 0 Å². The Morgan fingerprint density at radius 1 is 0.684 bits per heavy atom. The highest BCUT2D eigenvalue weighted by molar-refractivity contribution is 6.80. The summed E-state index contributed by atoms with van der Waals surface area (Å²) in [7, 11) is -2.51. The van der Waals surface area contributed by atoms with Crippen LogP contribution in [0.15, 0.2) is 60.7 Å². The van der Waals surface area contributed by atoms with Crippen LogP contribution in [0.2, 0.25) is 12.1 Å². The van der Waals surface area contributed by atoms with Crippen molar-refractivity contribution in [3.8, 4) is 0 Å². The Morgan fingerprint density at radius 3 is 1.37 bits per heavy atom. The molecule has 3 heteroatoms. The average molecular weight is 287 g/mol. The molecular weight excluding hydrogens is 264 g/mol. The Kier molecular flexibility index (Phi) is 5.57. The van der Waals surface area contributed by atoms with E-state index in [0.717, 1.165) is 0 Å². The van der Waals surface area contributed by atoms with Crippen LogP contribution in [-0.4, -0.2) is 18.1 Å². The molecule has 0 aliphatic carbocycles. The molecule has 0 saturated carbocycles. The molecule has 2 aromatic carbocycles. The maximum absolute atomic E-state index is 6.60. The first kappa shape index (κ1) is 14.2. The molecule has 2 atom stereocenters. The number of benzene rings is 2. The Hall–Kier alpha value is -1.17. The number of hydrogen-bond acceptors (Lipinski definition) is 1. The van der Waals surface area contributed by atoms with Gasteiger partial charge in [0.2, 0.25) is 0 Å². The molecule has 0 aliphatic heterocycles.